The van der Waals surface area contributed by atoms with Crippen molar-refractivity contribution in [2.45, 2.75) is 24.8 Å². The normalized spacial score (nSPS) is 16.7. The van der Waals surface area contributed by atoms with E-state index in [0.29, 0.717) is 24.9 Å². The molecule has 0 unspecified atom stereocenters. The Morgan fingerprint density at radius 3 is 2.33 bits per heavy atom. The Bertz CT molecular complexity index is 1260. The average Bonchev–Trinajstić information content (AvgIpc) is 2.88. The lowest BCUT2D eigenvalue weighted by Gasteiger charge is -2.45. The van der Waals surface area contributed by atoms with Gasteiger partial charge in [-0.25, -0.2) is 0 Å². The van der Waals surface area contributed by atoms with Gasteiger partial charge in [-0.15, -0.1) is 0 Å². The third kappa shape index (κ3) is 5.62. The van der Waals surface area contributed by atoms with Crippen LogP contribution >= 0.6 is 34.8 Å². The van der Waals surface area contributed by atoms with E-state index in [1.165, 1.54) is 24.1 Å². The van der Waals surface area contributed by atoms with Gasteiger partial charge >= 0.3 is 0 Å². The van der Waals surface area contributed by atoms with Gasteiger partial charge in [0.2, 0.25) is 0 Å². The molecule has 1 aliphatic carbocycles. The fourth-order valence-electron chi connectivity index (χ4n) is 4.43. The first kappa shape index (κ1) is 26.3. The molecule has 36 heavy (non-hydrogen) atoms. The molecule has 6 nitrogen and oxygen atoms in total. The lowest BCUT2D eigenvalue weighted by atomic mass is 9.76. The summed E-state index contributed by atoms with van der Waals surface area (Å²) in [5, 5.41) is 3.74. The Labute approximate surface area is 225 Å². The van der Waals surface area contributed by atoms with Crippen LogP contribution in [0.25, 0.3) is 0 Å². The Morgan fingerprint density at radius 1 is 0.944 bits per heavy atom. The molecule has 9 heteroatoms. The molecule has 0 aromatic heterocycles. The first-order valence-corrected chi connectivity index (χ1v) is 12.5. The van der Waals surface area contributed by atoms with Gasteiger partial charge in [0.25, 0.3) is 11.8 Å². The van der Waals surface area contributed by atoms with Gasteiger partial charge in [0.1, 0.15) is 18.0 Å². The number of amides is 2. The third-order valence-corrected chi connectivity index (χ3v) is 7.28. The summed E-state index contributed by atoms with van der Waals surface area (Å²) in [4.78, 5) is 28.9. The van der Waals surface area contributed by atoms with Crippen LogP contribution in [0.15, 0.2) is 66.7 Å². The third-order valence-electron chi connectivity index (χ3n) is 6.27. The molecular weight excluding hydrogens is 523 g/mol. The maximum atomic E-state index is 13.9. The number of aryl methyl sites for hydroxylation is 1. The zero-order valence-corrected chi connectivity index (χ0v) is 21.9. The van der Waals surface area contributed by atoms with Crippen LogP contribution in [0.2, 0.25) is 15.1 Å². The number of rotatable bonds is 8. The fraction of sp³-hybridized carbons (Fsp3) is 0.259. The molecule has 2 amide bonds. The highest BCUT2D eigenvalue weighted by Crippen LogP contribution is 2.36. The van der Waals surface area contributed by atoms with Crippen molar-refractivity contribution < 1.29 is 19.1 Å². The zero-order valence-electron chi connectivity index (χ0n) is 19.6. The molecule has 4 rings (SSSR count). The predicted molar refractivity (Wildman–Crippen MR) is 142 cm³/mol. The van der Waals surface area contributed by atoms with Gasteiger partial charge in [-0.3, -0.25) is 9.59 Å². The molecule has 1 N–H and O–H groups in total. The minimum Gasteiger partial charge on any atom is -0.482 e. The van der Waals surface area contributed by atoms with Crippen LogP contribution in [0.3, 0.4) is 0 Å². The topological polar surface area (TPSA) is 67.9 Å². The van der Waals surface area contributed by atoms with Crippen LogP contribution in [0.4, 0.5) is 5.69 Å². The van der Waals surface area contributed by atoms with Crippen LogP contribution in [0.5, 0.6) is 5.75 Å². The Balaban J connectivity index is 1.65. The van der Waals surface area contributed by atoms with E-state index in [-0.39, 0.29) is 40.1 Å². The fourth-order valence-corrected chi connectivity index (χ4v) is 5.02. The van der Waals surface area contributed by atoms with Crippen LogP contribution < -0.4 is 10.1 Å². The van der Waals surface area contributed by atoms with Crippen LogP contribution in [0, 0.1) is 0 Å². The Kier molecular flexibility index (Phi) is 8.42. The molecule has 3 aromatic carbocycles. The molecule has 0 bridgehead atoms. The van der Waals surface area contributed by atoms with Crippen molar-refractivity contribution in [3.8, 4) is 5.75 Å². The number of nitrogens with one attached hydrogen (secondary N) is 1. The van der Waals surface area contributed by atoms with Gasteiger partial charge in [0, 0.05) is 25.3 Å². The van der Waals surface area contributed by atoms with Crippen molar-refractivity contribution in [2.75, 3.05) is 25.8 Å². The SMILES string of the molecule is COCN(C(=O)COc1cc(Cl)c(Cl)cc1Cl)[C@@]1(C(=O)Nc2ccccc2)CCc2ccccc2C1. The first-order valence-electron chi connectivity index (χ1n) is 11.3. The molecule has 1 atom stereocenters. The second-order valence-corrected chi connectivity index (χ2v) is 9.74. The van der Waals surface area contributed by atoms with Crippen molar-refractivity contribution in [1.29, 1.82) is 0 Å². The van der Waals surface area contributed by atoms with Gasteiger partial charge in [-0.05, 0) is 42.2 Å². The van der Waals surface area contributed by atoms with E-state index in [2.05, 4.69) is 5.32 Å². The summed E-state index contributed by atoms with van der Waals surface area (Å²) in [7, 11) is 1.48. The second kappa shape index (κ2) is 11.5. The number of carbonyl (C=O) groups is 2. The summed E-state index contributed by atoms with van der Waals surface area (Å²) in [5.41, 5.74) is 1.62. The number of ether oxygens (including phenoxy) is 2. The maximum Gasteiger partial charge on any atom is 0.263 e. The standard InChI is InChI=1S/C27H25Cl3N2O4/c1-35-17-32(25(33)16-36-24-14-22(29)21(28)13-23(24)30)27(26(34)31-20-9-3-2-4-10-20)12-11-18-7-5-6-8-19(18)15-27/h2-10,13-14H,11-12,15-17H2,1H3,(H,31,34)/t27-/m0/s1. The molecule has 0 radical (unpaired) electrons. The van der Waals surface area contributed by atoms with Gasteiger partial charge < -0.3 is 19.7 Å². The highest BCUT2D eigenvalue weighted by Gasteiger charge is 2.48. The largest absolute Gasteiger partial charge is 0.482 e. The van der Waals surface area contributed by atoms with E-state index >= 15 is 0 Å². The number of fused-ring (bicyclic) bond motifs is 1. The molecule has 0 fully saturated rings. The average molecular weight is 548 g/mol. The monoisotopic (exact) mass is 546 g/mol. The number of benzene rings is 3. The lowest BCUT2D eigenvalue weighted by molar-refractivity contribution is -0.155. The number of anilines is 1. The maximum absolute atomic E-state index is 13.9. The Morgan fingerprint density at radius 2 is 1.61 bits per heavy atom. The highest BCUT2D eigenvalue weighted by atomic mass is 35.5. The number of halogens is 3. The smallest absolute Gasteiger partial charge is 0.263 e. The number of para-hydroxylation sites is 1. The van der Waals surface area contributed by atoms with Crippen molar-refractivity contribution in [2.24, 2.45) is 0 Å². The van der Waals surface area contributed by atoms with Crippen molar-refractivity contribution >= 4 is 52.3 Å². The minimum atomic E-state index is -1.19. The van der Waals surface area contributed by atoms with E-state index in [1.54, 1.807) is 12.1 Å². The van der Waals surface area contributed by atoms with E-state index in [0.717, 1.165) is 11.1 Å². The minimum absolute atomic E-state index is 0.0956. The van der Waals surface area contributed by atoms with Crippen molar-refractivity contribution in [1.82, 2.24) is 4.90 Å². The predicted octanol–water partition coefficient (Wildman–Crippen LogP) is 6.02. The summed E-state index contributed by atoms with van der Waals surface area (Å²) in [5.74, 6) is -0.503. The van der Waals surface area contributed by atoms with E-state index in [4.69, 9.17) is 44.3 Å². The molecular formula is C27H25Cl3N2O4. The summed E-state index contributed by atoms with van der Waals surface area (Å²) in [6.07, 6.45) is 1.39. The number of carbonyl (C=O) groups excluding carboxylic acids is 2. The summed E-state index contributed by atoms with van der Waals surface area (Å²) in [6, 6.07) is 20.0. The first-order chi connectivity index (χ1) is 17.3. The number of nitrogens with zero attached hydrogens (tertiary/aromatic N) is 1. The van der Waals surface area contributed by atoms with Crippen molar-refractivity contribution in [3.63, 3.8) is 0 Å². The van der Waals surface area contributed by atoms with Crippen LogP contribution in [-0.4, -0.2) is 42.7 Å². The molecule has 3 aromatic rings. The summed E-state index contributed by atoms with van der Waals surface area (Å²) in [6.45, 7) is -0.468. The molecule has 1 aliphatic rings. The number of hydrogen-bond acceptors (Lipinski definition) is 4. The van der Waals surface area contributed by atoms with E-state index in [9.17, 15) is 9.59 Å². The quantitative estimate of drug-likeness (QED) is 0.276. The van der Waals surface area contributed by atoms with Crippen LogP contribution in [-0.2, 0) is 27.2 Å². The van der Waals surface area contributed by atoms with E-state index < -0.39 is 11.4 Å². The molecule has 0 heterocycles. The molecule has 0 spiro atoms. The molecule has 0 saturated heterocycles. The van der Waals surface area contributed by atoms with Gasteiger partial charge in [-0.1, -0.05) is 77.3 Å². The van der Waals surface area contributed by atoms with Gasteiger partial charge in [-0.2, -0.15) is 0 Å². The van der Waals surface area contributed by atoms with Crippen molar-refractivity contribution in [3.05, 3.63) is 92.9 Å². The zero-order chi connectivity index (χ0) is 25.7. The number of methoxy groups -OCH3 is 1. The Hall–Kier alpha value is -2.77. The molecule has 0 aliphatic heterocycles. The van der Waals surface area contributed by atoms with Gasteiger partial charge in [0.05, 0.1) is 15.1 Å². The van der Waals surface area contributed by atoms with E-state index in [1.807, 2.05) is 42.5 Å². The lowest BCUT2D eigenvalue weighted by Crippen LogP contribution is -2.63. The molecule has 188 valence electrons. The second-order valence-electron chi connectivity index (χ2n) is 8.52. The van der Waals surface area contributed by atoms with Crippen LogP contribution in [0.1, 0.15) is 17.5 Å². The molecule has 0 saturated carbocycles. The van der Waals surface area contributed by atoms with Gasteiger partial charge in [0.15, 0.2) is 6.61 Å². The highest BCUT2D eigenvalue weighted by molar-refractivity contribution is 6.43. The number of hydrogen-bond donors (Lipinski definition) is 1. The summed E-state index contributed by atoms with van der Waals surface area (Å²) >= 11 is 18.3. The summed E-state index contributed by atoms with van der Waals surface area (Å²) < 4.78 is 11.1.